The molecule has 0 atom stereocenters. The molecule has 0 bridgehead atoms. The summed E-state index contributed by atoms with van der Waals surface area (Å²) in [5.41, 5.74) is -0.0672. The summed E-state index contributed by atoms with van der Waals surface area (Å²) >= 11 is 1.32. The Morgan fingerprint density at radius 2 is 1.61 bits per heavy atom. The molecular formula is C13H7F3NS+. The van der Waals surface area contributed by atoms with Crippen LogP contribution in [0.5, 0.6) is 0 Å². The second-order valence-corrected chi connectivity index (χ2v) is 4.92. The summed E-state index contributed by atoms with van der Waals surface area (Å²) in [6.45, 7) is 0. The van der Waals surface area contributed by atoms with Gasteiger partial charge in [-0.1, -0.05) is 18.2 Å². The molecule has 0 aliphatic rings. The lowest BCUT2D eigenvalue weighted by atomic mass is 10.2. The van der Waals surface area contributed by atoms with E-state index in [1.165, 1.54) is 17.4 Å². The number of para-hydroxylation sites is 2. The predicted molar refractivity (Wildman–Crippen MR) is 66.5 cm³/mol. The van der Waals surface area contributed by atoms with E-state index in [2.05, 4.69) is 4.98 Å². The number of aromatic nitrogens is 1. The second kappa shape index (κ2) is 3.88. The van der Waals surface area contributed by atoms with Crippen molar-refractivity contribution >= 4 is 31.8 Å². The summed E-state index contributed by atoms with van der Waals surface area (Å²) in [5.74, 6) is 0. The number of hydrogen-bond acceptors (Lipinski definition) is 1. The number of rotatable bonds is 0. The monoisotopic (exact) mass is 266 g/mol. The summed E-state index contributed by atoms with van der Waals surface area (Å²) in [6, 6.07) is 11.3. The van der Waals surface area contributed by atoms with E-state index >= 15 is 0 Å². The van der Waals surface area contributed by atoms with Gasteiger partial charge in [0, 0.05) is 12.1 Å². The lowest BCUT2D eigenvalue weighted by molar-refractivity contribution is -0.136. The molecule has 1 aromatic heterocycles. The molecule has 0 fully saturated rings. The quantitative estimate of drug-likeness (QED) is 0.422. The van der Waals surface area contributed by atoms with E-state index in [4.69, 9.17) is 0 Å². The molecule has 0 aliphatic heterocycles. The Hall–Kier alpha value is -1.75. The SMILES string of the molecule is FC(F)(F)c1cccc2[s+]c3ccccc3nc12. The Kier molecular flexibility index (Phi) is 2.45. The largest absolute Gasteiger partial charge is 0.418 e. The molecule has 1 heterocycles. The number of benzene rings is 2. The molecule has 2 aromatic carbocycles. The van der Waals surface area contributed by atoms with Gasteiger partial charge in [0.05, 0.1) is 5.56 Å². The van der Waals surface area contributed by atoms with Gasteiger partial charge in [-0.05, 0) is 12.1 Å². The Balaban J connectivity index is 2.44. The van der Waals surface area contributed by atoms with Crippen molar-refractivity contribution in [3.05, 3.63) is 48.0 Å². The van der Waals surface area contributed by atoms with Crippen LogP contribution in [0.3, 0.4) is 0 Å². The zero-order valence-electron chi connectivity index (χ0n) is 9.03. The van der Waals surface area contributed by atoms with E-state index in [0.717, 1.165) is 10.8 Å². The first-order valence-corrected chi connectivity index (χ1v) is 6.06. The zero-order valence-corrected chi connectivity index (χ0v) is 9.85. The molecule has 0 radical (unpaired) electrons. The highest BCUT2D eigenvalue weighted by Crippen LogP contribution is 2.36. The van der Waals surface area contributed by atoms with Gasteiger partial charge >= 0.3 is 6.18 Å². The molecule has 18 heavy (non-hydrogen) atoms. The highest BCUT2D eigenvalue weighted by Gasteiger charge is 2.34. The van der Waals surface area contributed by atoms with Crippen LogP contribution in [0.25, 0.3) is 20.4 Å². The standard InChI is InChI=1S/C13H7F3NS/c14-13(15,16)8-4-3-7-11-12(8)17-9-5-1-2-6-10(9)18-11/h1-7H/q+1. The van der Waals surface area contributed by atoms with Gasteiger partial charge in [0.25, 0.3) is 9.40 Å². The summed E-state index contributed by atoms with van der Waals surface area (Å²) in [5, 5.41) is 0. The minimum Gasteiger partial charge on any atom is -0.236 e. The number of halogens is 3. The van der Waals surface area contributed by atoms with E-state index < -0.39 is 11.7 Å². The Bertz CT molecular complexity index is 737. The van der Waals surface area contributed by atoms with Gasteiger partial charge < -0.3 is 0 Å². The van der Waals surface area contributed by atoms with Crippen LogP contribution in [0.1, 0.15) is 5.56 Å². The number of fused-ring (bicyclic) bond motifs is 2. The average molecular weight is 266 g/mol. The van der Waals surface area contributed by atoms with Crippen molar-refractivity contribution in [2.45, 2.75) is 6.18 Å². The molecule has 3 aromatic rings. The maximum absolute atomic E-state index is 12.9. The van der Waals surface area contributed by atoms with Crippen LogP contribution in [-0.4, -0.2) is 4.98 Å². The van der Waals surface area contributed by atoms with Gasteiger partial charge in [-0.15, -0.1) is 0 Å². The van der Waals surface area contributed by atoms with Crippen molar-refractivity contribution in [1.29, 1.82) is 0 Å². The Morgan fingerprint density at radius 1 is 0.889 bits per heavy atom. The first kappa shape index (κ1) is 11.3. The third-order valence-corrected chi connectivity index (χ3v) is 3.74. The van der Waals surface area contributed by atoms with E-state index in [0.29, 0.717) is 10.2 Å². The van der Waals surface area contributed by atoms with Crippen molar-refractivity contribution in [3.8, 4) is 0 Å². The van der Waals surface area contributed by atoms with Crippen molar-refractivity contribution < 1.29 is 13.2 Å². The zero-order chi connectivity index (χ0) is 12.8. The molecule has 0 saturated carbocycles. The van der Waals surface area contributed by atoms with E-state index in [-0.39, 0.29) is 5.52 Å². The van der Waals surface area contributed by atoms with Crippen LogP contribution in [0.15, 0.2) is 42.5 Å². The fourth-order valence-electron chi connectivity index (χ4n) is 1.82. The van der Waals surface area contributed by atoms with Gasteiger partial charge in [0.1, 0.15) is 11.0 Å². The molecular weight excluding hydrogens is 259 g/mol. The fourth-order valence-corrected chi connectivity index (χ4v) is 2.82. The smallest absolute Gasteiger partial charge is 0.236 e. The van der Waals surface area contributed by atoms with Crippen molar-refractivity contribution in [1.82, 2.24) is 4.98 Å². The highest BCUT2D eigenvalue weighted by atomic mass is 32.1. The van der Waals surface area contributed by atoms with Crippen LogP contribution in [-0.2, 0) is 6.18 Å². The maximum atomic E-state index is 12.9. The van der Waals surface area contributed by atoms with E-state index in [9.17, 15) is 13.2 Å². The van der Waals surface area contributed by atoms with Crippen molar-refractivity contribution in [2.24, 2.45) is 0 Å². The van der Waals surface area contributed by atoms with Gasteiger partial charge in [0.15, 0.2) is 0 Å². The molecule has 5 heteroatoms. The lowest BCUT2D eigenvalue weighted by Gasteiger charge is -2.06. The number of nitrogens with zero attached hydrogens (tertiary/aromatic N) is 1. The lowest BCUT2D eigenvalue weighted by Crippen LogP contribution is -2.06. The van der Waals surface area contributed by atoms with Gasteiger partial charge in [0.2, 0.25) is 11.3 Å². The number of alkyl halides is 3. The third kappa shape index (κ3) is 1.80. The Morgan fingerprint density at radius 3 is 2.39 bits per heavy atom. The third-order valence-electron chi connectivity index (χ3n) is 2.62. The molecule has 90 valence electrons. The van der Waals surface area contributed by atoms with E-state index in [1.54, 1.807) is 18.2 Å². The predicted octanol–water partition coefficient (Wildman–Crippen LogP) is 4.75. The van der Waals surface area contributed by atoms with Crippen LogP contribution < -0.4 is 0 Å². The minimum absolute atomic E-state index is 0.0219. The van der Waals surface area contributed by atoms with Crippen molar-refractivity contribution in [3.63, 3.8) is 0 Å². The summed E-state index contributed by atoms with van der Waals surface area (Å²) in [4.78, 5) is 4.13. The van der Waals surface area contributed by atoms with Crippen LogP contribution >= 0.6 is 11.3 Å². The average Bonchev–Trinajstić information content (AvgIpc) is 2.34. The first-order valence-electron chi connectivity index (χ1n) is 5.24. The maximum Gasteiger partial charge on any atom is 0.418 e. The topological polar surface area (TPSA) is 12.9 Å². The van der Waals surface area contributed by atoms with Crippen LogP contribution in [0.2, 0.25) is 0 Å². The van der Waals surface area contributed by atoms with Gasteiger partial charge in [-0.2, -0.15) is 13.2 Å². The molecule has 0 saturated heterocycles. The Labute approximate surface area is 105 Å². The molecule has 0 spiro atoms. The second-order valence-electron chi connectivity index (χ2n) is 3.83. The molecule has 3 rings (SSSR count). The van der Waals surface area contributed by atoms with Gasteiger partial charge in [-0.3, -0.25) is 0 Å². The fraction of sp³-hybridized carbons (Fsp3) is 0.0769. The normalized spacial score (nSPS) is 12.2. The van der Waals surface area contributed by atoms with Crippen LogP contribution in [0, 0.1) is 0 Å². The first-order chi connectivity index (χ1) is 8.55. The van der Waals surface area contributed by atoms with Crippen molar-refractivity contribution in [2.75, 3.05) is 0 Å². The summed E-state index contributed by atoms with van der Waals surface area (Å²) in [7, 11) is 0. The molecule has 0 unspecified atom stereocenters. The molecule has 0 amide bonds. The molecule has 0 N–H and O–H groups in total. The molecule has 1 nitrogen and oxygen atoms in total. The van der Waals surface area contributed by atoms with Gasteiger partial charge in [-0.25, -0.2) is 4.98 Å². The summed E-state index contributed by atoms with van der Waals surface area (Å²) < 4.78 is 40.1. The minimum atomic E-state index is -4.37. The highest BCUT2D eigenvalue weighted by molar-refractivity contribution is 7.24. The number of hydrogen-bond donors (Lipinski definition) is 0. The summed E-state index contributed by atoms with van der Waals surface area (Å²) in [6.07, 6.45) is -4.37. The van der Waals surface area contributed by atoms with Crippen LogP contribution in [0.4, 0.5) is 13.2 Å². The molecule has 0 aliphatic carbocycles. The van der Waals surface area contributed by atoms with E-state index in [1.807, 2.05) is 12.1 Å².